The predicted molar refractivity (Wildman–Crippen MR) is 132 cm³/mol. The molecule has 0 amide bonds. The smallest absolute Gasteiger partial charge is 0.192 e. The van der Waals surface area contributed by atoms with Crippen molar-refractivity contribution in [2.24, 2.45) is 34.0 Å². The number of rotatable bonds is 4. The number of allylic oxidation sites excluding steroid dienone is 4. The van der Waals surface area contributed by atoms with Gasteiger partial charge in [0.1, 0.15) is 6.61 Å². The SMILES string of the molecule is C[C@]12[C@@H](O)C[C@@]3(C)[C@@H](C[C@H]4CN(Cc5ccsc5)O[C@]43C(=O)CO)[C@@H]1CCC1=CC(=O)C=C[C@@]12C. The number of hydrogen-bond acceptors (Lipinski definition) is 7. The summed E-state index contributed by atoms with van der Waals surface area (Å²) in [6.07, 6.45) is 7.76. The van der Waals surface area contributed by atoms with Gasteiger partial charge in [-0.05, 0) is 72.1 Å². The molecule has 4 aliphatic carbocycles. The summed E-state index contributed by atoms with van der Waals surface area (Å²) in [4.78, 5) is 32.3. The average molecular weight is 498 g/mol. The van der Waals surface area contributed by atoms with Gasteiger partial charge in [0.25, 0.3) is 0 Å². The van der Waals surface area contributed by atoms with Crippen LogP contribution >= 0.6 is 11.3 Å². The van der Waals surface area contributed by atoms with Crippen molar-refractivity contribution >= 4 is 22.9 Å². The van der Waals surface area contributed by atoms with Crippen molar-refractivity contribution in [1.82, 2.24) is 5.06 Å². The Bertz CT molecular complexity index is 1130. The molecule has 1 saturated heterocycles. The largest absolute Gasteiger partial charge is 0.392 e. The Morgan fingerprint density at radius 3 is 2.80 bits per heavy atom. The van der Waals surface area contributed by atoms with Crippen LogP contribution in [-0.2, 0) is 21.0 Å². The number of carbonyl (C=O) groups excluding carboxylic acids is 2. The molecular weight excluding hydrogens is 462 g/mol. The number of fused-ring (bicyclic) bond motifs is 7. The van der Waals surface area contributed by atoms with E-state index >= 15 is 0 Å². The van der Waals surface area contributed by atoms with Gasteiger partial charge in [0.15, 0.2) is 17.2 Å². The Balaban J connectivity index is 1.40. The maximum atomic E-state index is 13.6. The molecule has 1 aromatic heterocycles. The molecule has 0 aromatic carbocycles. The quantitative estimate of drug-likeness (QED) is 0.660. The molecule has 2 heterocycles. The lowest BCUT2D eigenvalue weighted by Crippen LogP contribution is -2.66. The van der Waals surface area contributed by atoms with Crippen LogP contribution in [0.3, 0.4) is 0 Å². The van der Waals surface area contributed by atoms with Crippen LogP contribution in [0.15, 0.2) is 40.6 Å². The summed E-state index contributed by atoms with van der Waals surface area (Å²) >= 11 is 1.64. The van der Waals surface area contributed by atoms with Crippen molar-refractivity contribution in [3.63, 3.8) is 0 Å². The Hall–Kier alpha value is -1.64. The van der Waals surface area contributed by atoms with Gasteiger partial charge < -0.3 is 10.2 Å². The number of aliphatic hydroxyl groups is 2. The highest BCUT2D eigenvalue weighted by molar-refractivity contribution is 7.07. The van der Waals surface area contributed by atoms with Crippen LogP contribution in [0, 0.1) is 34.0 Å². The molecule has 7 heteroatoms. The summed E-state index contributed by atoms with van der Waals surface area (Å²) < 4.78 is 0. The number of hydroxylamine groups is 2. The Morgan fingerprint density at radius 1 is 1.29 bits per heavy atom. The Labute approximate surface area is 210 Å². The molecule has 6 nitrogen and oxygen atoms in total. The number of aliphatic hydroxyl groups excluding tert-OH is 2. The van der Waals surface area contributed by atoms with Crippen LogP contribution in [-0.4, -0.2) is 51.7 Å². The third-order valence-electron chi connectivity index (χ3n) is 10.9. The van der Waals surface area contributed by atoms with Crippen molar-refractivity contribution in [2.45, 2.75) is 64.7 Å². The van der Waals surface area contributed by atoms with Crippen molar-refractivity contribution in [2.75, 3.05) is 13.2 Å². The zero-order valence-electron chi connectivity index (χ0n) is 20.7. The number of carbonyl (C=O) groups is 2. The maximum absolute atomic E-state index is 13.6. The van der Waals surface area contributed by atoms with Crippen LogP contribution < -0.4 is 0 Å². The van der Waals surface area contributed by atoms with E-state index in [4.69, 9.17) is 4.84 Å². The second kappa shape index (κ2) is 7.68. The first kappa shape index (κ1) is 23.7. The first-order valence-corrected chi connectivity index (χ1v) is 13.8. The zero-order chi connectivity index (χ0) is 24.8. The number of Topliss-reactive ketones (excluding diaryl/α,β-unsaturated/α-hetero) is 1. The van der Waals surface area contributed by atoms with Crippen LogP contribution in [0.5, 0.6) is 0 Å². The summed E-state index contributed by atoms with van der Waals surface area (Å²) in [5, 5.41) is 28.1. The Kier molecular flexibility index (Phi) is 5.21. The van der Waals surface area contributed by atoms with Gasteiger partial charge in [0.05, 0.1) is 6.10 Å². The molecule has 35 heavy (non-hydrogen) atoms. The van der Waals surface area contributed by atoms with Gasteiger partial charge >= 0.3 is 0 Å². The lowest BCUT2D eigenvalue weighted by atomic mass is 9.39. The Morgan fingerprint density at radius 2 is 2.09 bits per heavy atom. The van der Waals surface area contributed by atoms with E-state index in [1.54, 1.807) is 23.5 Å². The second-order valence-corrected chi connectivity index (χ2v) is 12.9. The number of hydrogen-bond donors (Lipinski definition) is 2. The third kappa shape index (κ3) is 2.85. The average Bonchev–Trinajstić information content (AvgIpc) is 3.51. The first-order valence-electron chi connectivity index (χ1n) is 12.8. The van der Waals surface area contributed by atoms with Gasteiger partial charge in [0.2, 0.25) is 0 Å². The minimum absolute atomic E-state index is 0.0247. The molecule has 0 spiro atoms. The van der Waals surface area contributed by atoms with E-state index in [0.29, 0.717) is 19.5 Å². The molecular formula is C28H35NO5S. The summed E-state index contributed by atoms with van der Waals surface area (Å²) in [5.41, 5.74) is -0.295. The molecule has 0 bridgehead atoms. The van der Waals surface area contributed by atoms with Gasteiger partial charge in [-0.2, -0.15) is 16.4 Å². The molecule has 2 N–H and O–H groups in total. The van der Waals surface area contributed by atoms with E-state index in [-0.39, 0.29) is 29.3 Å². The van der Waals surface area contributed by atoms with E-state index in [2.05, 4.69) is 32.2 Å². The number of ketones is 2. The minimum Gasteiger partial charge on any atom is -0.392 e. The highest BCUT2D eigenvalue weighted by Gasteiger charge is 2.77. The van der Waals surface area contributed by atoms with E-state index in [9.17, 15) is 19.8 Å². The minimum atomic E-state index is -1.12. The fourth-order valence-corrected chi connectivity index (χ4v) is 9.72. The van der Waals surface area contributed by atoms with Crippen molar-refractivity contribution in [1.29, 1.82) is 0 Å². The number of nitrogens with zero attached hydrogens (tertiary/aromatic N) is 1. The van der Waals surface area contributed by atoms with Crippen LogP contribution in [0.25, 0.3) is 0 Å². The van der Waals surface area contributed by atoms with Crippen LogP contribution in [0.1, 0.15) is 52.0 Å². The lowest BCUT2D eigenvalue weighted by Gasteiger charge is -2.65. The number of thiophene rings is 1. The molecule has 3 saturated carbocycles. The van der Waals surface area contributed by atoms with E-state index in [0.717, 1.165) is 30.4 Å². The molecule has 5 aliphatic rings. The molecule has 0 unspecified atom stereocenters. The molecule has 1 aliphatic heterocycles. The van der Waals surface area contributed by atoms with Crippen molar-refractivity contribution < 1.29 is 24.6 Å². The summed E-state index contributed by atoms with van der Waals surface area (Å²) in [7, 11) is 0. The molecule has 6 rings (SSSR count). The van der Waals surface area contributed by atoms with Gasteiger partial charge in [-0.25, -0.2) is 0 Å². The molecule has 188 valence electrons. The van der Waals surface area contributed by atoms with Gasteiger partial charge in [-0.3, -0.25) is 14.4 Å². The first-order chi connectivity index (χ1) is 16.6. The summed E-state index contributed by atoms with van der Waals surface area (Å²) in [6, 6.07) is 2.07. The molecule has 1 aromatic rings. The van der Waals surface area contributed by atoms with Gasteiger partial charge in [-0.15, -0.1) is 0 Å². The van der Waals surface area contributed by atoms with E-state index in [1.807, 2.05) is 16.5 Å². The second-order valence-electron chi connectivity index (χ2n) is 12.1. The van der Waals surface area contributed by atoms with E-state index in [1.165, 1.54) is 0 Å². The molecule has 4 fully saturated rings. The van der Waals surface area contributed by atoms with Crippen molar-refractivity contribution in [3.8, 4) is 0 Å². The van der Waals surface area contributed by atoms with E-state index < -0.39 is 34.6 Å². The van der Waals surface area contributed by atoms with Gasteiger partial charge in [0, 0.05) is 35.3 Å². The summed E-state index contributed by atoms with van der Waals surface area (Å²) in [6.45, 7) is 7.17. The third-order valence-corrected chi connectivity index (χ3v) is 11.7. The van der Waals surface area contributed by atoms with Gasteiger partial charge in [-0.1, -0.05) is 32.4 Å². The van der Waals surface area contributed by atoms with Crippen molar-refractivity contribution in [3.05, 3.63) is 46.2 Å². The maximum Gasteiger partial charge on any atom is 0.192 e. The molecule has 8 atom stereocenters. The fraction of sp³-hybridized carbons (Fsp3) is 0.643. The summed E-state index contributed by atoms with van der Waals surface area (Å²) in [5.74, 6) is 0.0976. The lowest BCUT2D eigenvalue weighted by molar-refractivity contribution is -0.264. The predicted octanol–water partition coefficient (Wildman–Crippen LogP) is 3.69. The standard InChI is InChI=1S/C28H35NO5S/c1-25-8-6-20(31)10-18(25)4-5-21-22-11-19-14-29(13-17-7-9-35-16-17)34-28(19,24(33)15-30)26(22,2)12-23(32)27(21,25)3/h6-10,16,19,21-23,30,32H,4-5,11-15H2,1-3H3/t19-,21-,22-,23-,25-,26-,27+,28-/m0/s1. The highest BCUT2D eigenvalue weighted by atomic mass is 32.1. The van der Waals surface area contributed by atoms with Crippen LogP contribution in [0.2, 0.25) is 0 Å². The zero-order valence-corrected chi connectivity index (χ0v) is 21.5. The topological polar surface area (TPSA) is 87.1 Å². The monoisotopic (exact) mass is 497 g/mol. The normalized spacial score (nSPS) is 46.5. The highest BCUT2D eigenvalue weighted by Crippen LogP contribution is 2.74. The molecule has 0 radical (unpaired) electrons. The fourth-order valence-electron chi connectivity index (χ4n) is 9.06. The van der Waals surface area contributed by atoms with Crippen LogP contribution in [0.4, 0.5) is 0 Å².